The molecule has 0 aliphatic rings. The zero-order valence-corrected chi connectivity index (χ0v) is 21.1. The first-order valence-electron chi connectivity index (χ1n) is 11.9. The fraction of sp³-hybridized carbons (Fsp3) is 0.739. The van der Waals surface area contributed by atoms with Gasteiger partial charge >= 0.3 is 19.8 Å². The maximum atomic E-state index is 11.7. The summed E-state index contributed by atoms with van der Waals surface area (Å²) in [6.07, 6.45) is 18.3. The van der Waals surface area contributed by atoms with Crippen LogP contribution in [0.2, 0.25) is 0 Å². The Labute approximate surface area is 202 Å². The molecule has 11 heteroatoms. The normalized spacial score (nSPS) is 15.4. The number of esters is 1. The highest BCUT2D eigenvalue weighted by molar-refractivity contribution is 7.47. The summed E-state index contributed by atoms with van der Waals surface area (Å²) in [5.41, 5.74) is 5.15. The van der Waals surface area contributed by atoms with Gasteiger partial charge in [0, 0.05) is 6.42 Å². The number of aliphatic hydroxyl groups excluding tert-OH is 1. The molecule has 198 valence electrons. The van der Waals surface area contributed by atoms with Crippen LogP contribution in [0.25, 0.3) is 0 Å². The summed E-state index contributed by atoms with van der Waals surface area (Å²) in [6, 6.07) is -1.49. The number of phosphoric ester groups is 1. The minimum absolute atomic E-state index is 0.229. The molecule has 34 heavy (non-hydrogen) atoms. The molecular weight excluding hydrogens is 465 g/mol. The Bertz CT molecular complexity index is 654. The van der Waals surface area contributed by atoms with Crippen LogP contribution in [0, 0.1) is 0 Å². The Kier molecular flexibility index (Phi) is 19.8. The maximum absolute atomic E-state index is 11.7. The maximum Gasteiger partial charge on any atom is 0.472 e. The topological polar surface area (TPSA) is 166 Å². The number of nitrogens with two attached hydrogens (primary N) is 1. The summed E-state index contributed by atoms with van der Waals surface area (Å²) in [7, 11) is -4.58. The minimum atomic E-state index is -4.58. The third kappa shape index (κ3) is 21.0. The van der Waals surface area contributed by atoms with Gasteiger partial charge in [0.15, 0.2) is 0 Å². The summed E-state index contributed by atoms with van der Waals surface area (Å²) in [4.78, 5) is 31.7. The van der Waals surface area contributed by atoms with Crippen molar-refractivity contribution in [2.24, 2.45) is 5.73 Å². The number of unbranched alkanes of at least 4 members (excludes halogenated alkanes) is 7. The van der Waals surface area contributed by atoms with E-state index < -0.39 is 51.7 Å². The second-order valence-electron chi connectivity index (χ2n) is 7.97. The zero-order valence-electron chi connectivity index (χ0n) is 20.2. The van der Waals surface area contributed by atoms with Crippen molar-refractivity contribution in [3.8, 4) is 0 Å². The monoisotopic (exact) mass is 507 g/mol. The second-order valence-corrected chi connectivity index (χ2v) is 9.42. The molecule has 0 saturated heterocycles. The first kappa shape index (κ1) is 32.5. The molecule has 0 spiro atoms. The SMILES string of the molecule is CCCC/C=C\C/C=C\CCCCCCCC(=O)OCC(O)COP(=O)(O)OCC(N)C(=O)O. The van der Waals surface area contributed by atoms with E-state index in [9.17, 15) is 24.2 Å². The number of phosphoric acid groups is 1. The average molecular weight is 508 g/mol. The molecule has 0 aromatic heterocycles. The molecule has 0 bridgehead atoms. The number of ether oxygens (including phenoxy) is 1. The number of carbonyl (C=O) groups is 2. The molecule has 0 amide bonds. The van der Waals surface area contributed by atoms with Crippen molar-refractivity contribution in [1.29, 1.82) is 0 Å². The molecular formula is C23H42NO9P. The molecule has 0 fully saturated rings. The van der Waals surface area contributed by atoms with Gasteiger partial charge < -0.3 is 25.6 Å². The van der Waals surface area contributed by atoms with E-state index in [0.29, 0.717) is 6.42 Å². The van der Waals surface area contributed by atoms with Gasteiger partial charge in [-0.15, -0.1) is 0 Å². The van der Waals surface area contributed by atoms with Crippen molar-refractivity contribution >= 4 is 19.8 Å². The highest BCUT2D eigenvalue weighted by atomic mass is 31.2. The lowest BCUT2D eigenvalue weighted by Crippen LogP contribution is -2.34. The molecule has 0 aromatic carbocycles. The van der Waals surface area contributed by atoms with E-state index in [1.54, 1.807) is 0 Å². The van der Waals surface area contributed by atoms with Gasteiger partial charge in [0.1, 0.15) is 18.8 Å². The van der Waals surface area contributed by atoms with E-state index in [2.05, 4.69) is 40.3 Å². The van der Waals surface area contributed by atoms with Crippen LogP contribution in [0.5, 0.6) is 0 Å². The molecule has 3 unspecified atom stereocenters. The number of aliphatic hydroxyl groups is 1. The van der Waals surface area contributed by atoms with Crippen molar-refractivity contribution in [3.05, 3.63) is 24.3 Å². The van der Waals surface area contributed by atoms with Crippen LogP contribution >= 0.6 is 7.82 Å². The van der Waals surface area contributed by atoms with Gasteiger partial charge in [0.25, 0.3) is 0 Å². The Morgan fingerprint density at radius 1 is 0.912 bits per heavy atom. The summed E-state index contributed by atoms with van der Waals surface area (Å²) < 4.78 is 25.5. The molecule has 0 aliphatic heterocycles. The summed E-state index contributed by atoms with van der Waals surface area (Å²) >= 11 is 0. The average Bonchev–Trinajstić information content (AvgIpc) is 2.80. The third-order valence-corrected chi connectivity index (χ3v) is 5.63. The van der Waals surface area contributed by atoms with Gasteiger partial charge in [0.05, 0.1) is 13.2 Å². The molecule has 0 rings (SSSR count). The van der Waals surface area contributed by atoms with Gasteiger partial charge in [-0.3, -0.25) is 18.6 Å². The molecule has 0 aromatic rings. The van der Waals surface area contributed by atoms with Crippen LogP contribution in [0.1, 0.15) is 77.6 Å². The number of rotatable bonds is 22. The van der Waals surface area contributed by atoms with E-state index >= 15 is 0 Å². The first-order chi connectivity index (χ1) is 16.2. The second kappa shape index (κ2) is 20.8. The number of hydrogen-bond acceptors (Lipinski definition) is 8. The quantitative estimate of drug-likeness (QED) is 0.0731. The first-order valence-corrected chi connectivity index (χ1v) is 13.4. The van der Waals surface area contributed by atoms with Gasteiger partial charge in [-0.05, 0) is 32.1 Å². The van der Waals surface area contributed by atoms with E-state index in [4.69, 9.17) is 15.6 Å². The predicted molar refractivity (Wildman–Crippen MR) is 129 cm³/mol. The Hall–Kier alpha value is -1.55. The molecule has 5 N–H and O–H groups in total. The van der Waals surface area contributed by atoms with Crippen LogP contribution in [-0.4, -0.2) is 59.0 Å². The van der Waals surface area contributed by atoms with Gasteiger partial charge in [0.2, 0.25) is 0 Å². The van der Waals surface area contributed by atoms with E-state index in [-0.39, 0.29) is 6.42 Å². The lowest BCUT2D eigenvalue weighted by Gasteiger charge is -2.16. The predicted octanol–water partition coefficient (Wildman–Crippen LogP) is 3.86. The molecule has 3 atom stereocenters. The summed E-state index contributed by atoms with van der Waals surface area (Å²) in [5.74, 6) is -1.87. The van der Waals surface area contributed by atoms with Crippen LogP contribution in [0.3, 0.4) is 0 Å². The molecule has 0 saturated carbocycles. The van der Waals surface area contributed by atoms with Crippen LogP contribution < -0.4 is 5.73 Å². The largest absolute Gasteiger partial charge is 0.480 e. The number of carboxylic acid groups (broad SMARTS) is 1. The van der Waals surface area contributed by atoms with Crippen molar-refractivity contribution < 1.29 is 43.0 Å². The standard InChI is InChI=1S/C23H42NO9P/c1-2-3-4-5-6-7-8-9-10-11-12-13-14-15-16-22(26)31-17-20(25)18-32-34(29,30)33-19-21(24)23(27)28/h5-6,8-9,20-21,25H,2-4,7,10-19,24H2,1H3,(H,27,28)(H,29,30)/b6-5-,9-8-. The van der Waals surface area contributed by atoms with Crippen molar-refractivity contribution in [3.63, 3.8) is 0 Å². The Morgan fingerprint density at radius 3 is 2.15 bits per heavy atom. The Balaban J connectivity index is 3.68. The van der Waals surface area contributed by atoms with E-state index in [1.165, 1.54) is 12.8 Å². The summed E-state index contributed by atoms with van der Waals surface area (Å²) in [6.45, 7) is 0.428. The molecule has 10 nitrogen and oxygen atoms in total. The molecule has 0 heterocycles. The number of aliphatic carboxylic acids is 1. The van der Waals surface area contributed by atoms with Crippen molar-refractivity contribution in [2.45, 2.75) is 89.7 Å². The minimum Gasteiger partial charge on any atom is -0.480 e. The van der Waals surface area contributed by atoms with Gasteiger partial charge in [-0.1, -0.05) is 63.3 Å². The van der Waals surface area contributed by atoms with Gasteiger partial charge in [-0.25, -0.2) is 4.57 Å². The fourth-order valence-corrected chi connectivity index (χ4v) is 3.45. The zero-order chi connectivity index (χ0) is 25.7. The van der Waals surface area contributed by atoms with Crippen molar-refractivity contribution in [1.82, 2.24) is 0 Å². The lowest BCUT2D eigenvalue weighted by molar-refractivity contribution is -0.147. The third-order valence-electron chi connectivity index (χ3n) is 4.68. The molecule has 0 radical (unpaired) electrons. The van der Waals surface area contributed by atoms with E-state index in [1.807, 2.05) is 0 Å². The van der Waals surface area contributed by atoms with Crippen LogP contribution in [-0.2, 0) is 27.9 Å². The number of hydrogen-bond donors (Lipinski definition) is 4. The smallest absolute Gasteiger partial charge is 0.472 e. The van der Waals surface area contributed by atoms with Crippen LogP contribution in [0.15, 0.2) is 24.3 Å². The number of carboxylic acids is 1. The lowest BCUT2D eigenvalue weighted by atomic mass is 10.1. The fourth-order valence-electron chi connectivity index (χ4n) is 2.66. The van der Waals surface area contributed by atoms with E-state index in [0.717, 1.165) is 44.9 Å². The highest BCUT2D eigenvalue weighted by Gasteiger charge is 2.26. The van der Waals surface area contributed by atoms with Crippen molar-refractivity contribution in [2.75, 3.05) is 19.8 Å². The molecule has 0 aliphatic carbocycles. The van der Waals surface area contributed by atoms with Crippen LogP contribution in [0.4, 0.5) is 0 Å². The number of carbonyl (C=O) groups excluding carboxylic acids is 1. The van der Waals surface area contributed by atoms with Gasteiger partial charge in [-0.2, -0.15) is 0 Å². The highest BCUT2D eigenvalue weighted by Crippen LogP contribution is 2.43. The number of allylic oxidation sites excluding steroid dienone is 4. The Morgan fingerprint density at radius 2 is 1.50 bits per heavy atom. The summed E-state index contributed by atoms with van der Waals surface area (Å²) in [5, 5.41) is 18.3.